The van der Waals surface area contributed by atoms with E-state index in [1.807, 2.05) is 36.4 Å². The molecule has 166 valence electrons. The van der Waals surface area contributed by atoms with Crippen molar-refractivity contribution in [2.24, 2.45) is 5.92 Å². The number of para-hydroxylation sites is 2. The summed E-state index contributed by atoms with van der Waals surface area (Å²) in [5.41, 5.74) is 1.52. The van der Waals surface area contributed by atoms with E-state index >= 15 is 0 Å². The SMILES string of the molecule is COc1ccccc1OCC(O)CN1CCCC(Cn2c(=O)[nH]c3ccc(Cl)cc32)C1. The molecular formula is C23H28ClN3O4. The molecule has 0 spiro atoms. The molecule has 3 aromatic rings. The third kappa shape index (κ3) is 5.23. The molecule has 1 aliphatic heterocycles. The minimum atomic E-state index is -0.613. The van der Waals surface area contributed by atoms with Gasteiger partial charge in [-0.25, -0.2) is 4.79 Å². The van der Waals surface area contributed by atoms with Gasteiger partial charge in [0.1, 0.15) is 12.7 Å². The number of halogens is 1. The number of hydrogen-bond donors (Lipinski definition) is 2. The molecule has 1 saturated heterocycles. The lowest BCUT2D eigenvalue weighted by atomic mass is 9.97. The number of aliphatic hydroxyl groups is 1. The molecule has 2 atom stereocenters. The van der Waals surface area contributed by atoms with Crippen molar-refractivity contribution in [2.45, 2.75) is 25.5 Å². The molecule has 2 heterocycles. The Morgan fingerprint density at radius 1 is 1.26 bits per heavy atom. The molecule has 1 aliphatic rings. The highest BCUT2D eigenvalue weighted by Crippen LogP contribution is 2.26. The van der Waals surface area contributed by atoms with Gasteiger partial charge in [0.2, 0.25) is 0 Å². The van der Waals surface area contributed by atoms with Crippen LogP contribution >= 0.6 is 11.6 Å². The third-order valence-electron chi connectivity index (χ3n) is 5.75. The van der Waals surface area contributed by atoms with Crippen LogP contribution in [0.1, 0.15) is 12.8 Å². The monoisotopic (exact) mass is 445 g/mol. The first-order chi connectivity index (χ1) is 15.0. The summed E-state index contributed by atoms with van der Waals surface area (Å²) in [5, 5.41) is 11.1. The second-order valence-electron chi connectivity index (χ2n) is 8.09. The molecule has 4 rings (SSSR count). The number of nitrogens with zero attached hydrogens (tertiary/aromatic N) is 2. The van der Waals surface area contributed by atoms with E-state index < -0.39 is 6.10 Å². The number of piperidine rings is 1. The number of β-amino-alcohol motifs (C(OH)–C–C–N with tert-alkyl or cyclic N) is 1. The highest BCUT2D eigenvalue weighted by atomic mass is 35.5. The summed E-state index contributed by atoms with van der Waals surface area (Å²) in [7, 11) is 1.60. The number of benzene rings is 2. The van der Waals surface area contributed by atoms with E-state index in [-0.39, 0.29) is 12.3 Å². The largest absolute Gasteiger partial charge is 0.493 e. The number of aromatic amines is 1. The first-order valence-electron chi connectivity index (χ1n) is 10.6. The number of methoxy groups -OCH3 is 1. The van der Waals surface area contributed by atoms with Gasteiger partial charge < -0.3 is 24.5 Å². The second kappa shape index (κ2) is 9.77. The van der Waals surface area contributed by atoms with Gasteiger partial charge in [0.15, 0.2) is 11.5 Å². The Kier molecular flexibility index (Phi) is 6.85. The predicted molar refractivity (Wildman–Crippen MR) is 121 cm³/mol. The lowest BCUT2D eigenvalue weighted by Gasteiger charge is -2.34. The summed E-state index contributed by atoms with van der Waals surface area (Å²) in [4.78, 5) is 17.6. The van der Waals surface area contributed by atoms with Crippen molar-refractivity contribution in [1.82, 2.24) is 14.5 Å². The van der Waals surface area contributed by atoms with Crippen LogP contribution in [0.25, 0.3) is 11.0 Å². The van der Waals surface area contributed by atoms with Crippen LogP contribution in [0.5, 0.6) is 11.5 Å². The van der Waals surface area contributed by atoms with Crippen molar-refractivity contribution in [3.05, 3.63) is 58.0 Å². The Labute approximate surface area is 186 Å². The van der Waals surface area contributed by atoms with Crippen LogP contribution < -0.4 is 15.2 Å². The normalized spacial score (nSPS) is 18.2. The Hall–Kier alpha value is -2.48. The molecule has 0 saturated carbocycles. The summed E-state index contributed by atoms with van der Waals surface area (Å²) < 4.78 is 12.8. The zero-order valence-corrected chi connectivity index (χ0v) is 18.3. The van der Waals surface area contributed by atoms with Crippen LogP contribution in [0.4, 0.5) is 0 Å². The van der Waals surface area contributed by atoms with Gasteiger partial charge >= 0.3 is 5.69 Å². The minimum absolute atomic E-state index is 0.111. The van der Waals surface area contributed by atoms with E-state index in [2.05, 4.69) is 9.88 Å². The van der Waals surface area contributed by atoms with Gasteiger partial charge in [-0.2, -0.15) is 0 Å². The van der Waals surface area contributed by atoms with Crippen LogP contribution in [0.15, 0.2) is 47.3 Å². The van der Waals surface area contributed by atoms with Crippen molar-refractivity contribution in [2.75, 3.05) is 33.4 Å². The summed E-state index contributed by atoms with van der Waals surface area (Å²) in [6.07, 6.45) is 1.46. The summed E-state index contributed by atoms with van der Waals surface area (Å²) in [5.74, 6) is 1.60. The Bertz CT molecular complexity index is 1080. The molecule has 2 N–H and O–H groups in total. The molecule has 1 fully saturated rings. The number of aromatic nitrogens is 2. The van der Waals surface area contributed by atoms with Crippen LogP contribution in [0, 0.1) is 5.92 Å². The molecule has 0 bridgehead atoms. The van der Waals surface area contributed by atoms with Crippen molar-refractivity contribution in [3.63, 3.8) is 0 Å². The molecule has 7 nitrogen and oxygen atoms in total. The Morgan fingerprint density at radius 3 is 2.87 bits per heavy atom. The lowest BCUT2D eigenvalue weighted by Crippen LogP contribution is -2.43. The number of nitrogens with one attached hydrogen (secondary N) is 1. The van der Waals surface area contributed by atoms with Crippen molar-refractivity contribution in [3.8, 4) is 11.5 Å². The van der Waals surface area contributed by atoms with Gasteiger partial charge in [0.05, 0.1) is 18.1 Å². The molecule has 0 radical (unpaired) electrons. The van der Waals surface area contributed by atoms with Crippen molar-refractivity contribution < 1.29 is 14.6 Å². The van der Waals surface area contributed by atoms with Gasteiger partial charge in [0.25, 0.3) is 0 Å². The third-order valence-corrected chi connectivity index (χ3v) is 5.99. The highest BCUT2D eigenvalue weighted by Gasteiger charge is 2.24. The molecule has 0 amide bonds. The molecule has 0 aliphatic carbocycles. The van der Waals surface area contributed by atoms with Gasteiger partial charge in [-0.15, -0.1) is 0 Å². The van der Waals surface area contributed by atoms with Crippen LogP contribution in [-0.2, 0) is 6.54 Å². The van der Waals surface area contributed by atoms with E-state index in [4.69, 9.17) is 21.1 Å². The fourth-order valence-electron chi connectivity index (χ4n) is 4.31. The zero-order valence-electron chi connectivity index (χ0n) is 17.6. The smallest absolute Gasteiger partial charge is 0.326 e. The average Bonchev–Trinajstić information content (AvgIpc) is 3.07. The number of imidazole rings is 1. The molecule has 31 heavy (non-hydrogen) atoms. The fourth-order valence-corrected chi connectivity index (χ4v) is 4.47. The number of H-pyrrole nitrogens is 1. The molecule has 1 aromatic heterocycles. The fraction of sp³-hybridized carbons (Fsp3) is 0.435. The van der Waals surface area contributed by atoms with Crippen LogP contribution in [-0.4, -0.2) is 59.0 Å². The maximum Gasteiger partial charge on any atom is 0.326 e. The van der Waals surface area contributed by atoms with E-state index in [0.717, 1.165) is 37.0 Å². The summed E-state index contributed by atoms with van der Waals surface area (Å²) >= 11 is 6.13. The number of aliphatic hydroxyl groups excluding tert-OH is 1. The maximum atomic E-state index is 12.4. The Morgan fingerprint density at radius 2 is 2.06 bits per heavy atom. The standard InChI is InChI=1S/C23H28ClN3O4/c1-30-21-6-2-3-7-22(21)31-15-18(28)14-26-10-4-5-16(12-26)13-27-20-11-17(24)8-9-19(20)25-23(27)29/h2-3,6-9,11,16,18,28H,4-5,10,12-15H2,1H3,(H,25,29). The highest BCUT2D eigenvalue weighted by molar-refractivity contribution is 6.31. The topological polar surface area (TPSA) is 79.7 Å². The quantitative estimate of drug-likeness (QED) is 0.556. The van der Waals surface area contributed by atoms with Gasteiger partial charge in [0, 0.05) is 24.7 Å². The summed E-state index contributed by atoms with van der Waals surface area (Å²) in [6.45, 7) is 3.11. The molecule has 8 heteroatoms. The predicted octanol–water partition coefficient (Wildman–Crippen LogP) is 3.14. The van der Waals surface area contributed by atoms with Crippen molar-refractivity contribution in [1.29, 1.82) is 0 Å². The molecule has 2 aromatic carbocycles. The number of ether oxygens (including phenoxy) is 2. The van der Waals surface area contributed by atoms with Gasteiger partial charge in [-0.3, -0.25) is 4.57 Å². The molecule has 2 unspecified atom stereocenters. The second-order valence-corrected chi connectivity index (χ2v) is 8.52. The van der Waals surface area contributed by atoms with E-state index in [0.29, 0.717) is 35.5 Å². The minimum Gasteiger partial charge on any atom is -0.493 e. The van der Waals surface area contributed by atoms with Gasteiger partial charge in [-0.1, -0.05) is 23.7 Å². The average molecular weight is 446 g/mol. The first-order valence-corrected chi connectivity index (χ1v) is 11.0. The number of fused-ring (bicyclic) bond motifs is 1. The van der Waals surface area contributed by atoms with Crippen LogP contribution in [0.2, 0.25) is 5.02 Å². The maximum absolute atomic E-state index is 12.4. The van der Waals surface area contributed by atoms with Crippen molar-refractivity contribution >= 4 is 22.6 Å². The van der Waals surface area contributed by atoms with E-state index in [1.54, 1.807) is 17.7 Å². The summed E-state index contributed by atoms with van der Waals surface area (Å²) in [6, 6.07) is 12.9. The van der Waals surface area contributed by atoms with Crippen LogP contribution in [0.3, 0.4) is 0 Å². The Balaban J connectivity index is 1.34. The number of likely N-dealkylation sites (tertiary alicyclic amines) is 1. The number of hydrogen-bond acceptors (Lipinski definition) is 5. The van der Waals surface area contributed by atoms with Gasteiger partial charge in [-0.05, 0) is 55.6 Å². The number of rotatable bonds is 8. The first kappa shape index (κ1) is 21.7. The van der Waals surface area contributed by atoms with E-state index in [9.17, 15) is 9.90 Å². The zero-order chi connectivity index (χ0) is 21.8. The lowest BCUT2D eigenvalue weighted by molar-refractivity contribution is 0.0492. The molecular weight excluding hydrogens is 418 g/mol. The van der Waals surface area contributed by atoms with E-state index in [1.165, 1.54) is 0 Å².